The maximum Gasteiger partial charge on any atom is 0.138 e. The van der Waals surface area contributed by atoms with Crippen LogP contribution in [0.4, 0.5) is 0 Å². The molecule has 0 unspecified atom stereocenters. The molecular weight excluding hydrogens is 282 g/mol. The highest BCUT2D eigenvalue weighted by atomic mass is 15.0. The summed E-state index contributed by atoms with van der Waals surface area (Å²) in [5.74, 6) is 0. The molecule has 3 nitrogen and oxygen atoms in total. The number of aromatic nitrogens is 3. The number of fused-ring (bicyclic) bond motifs is 6. The van der Waals surface area contributed by atoms with Crippen LogP contribution in [0.2, 0.25) is 0 Å². The van der Waals surface area contributed by atoms with Crippen LogP contribution in [-0.2, 0) is 13.5 Å². The lowest BCUT2D eigenvalue weighted by atomic mass is 10.1. The molecule has 3 heteroatoms. The van der Waals surface area contributed by atoms with E-state index in [4.69, 9.17) is 4.98 Å². The number of para-hydroxylation sites is 3. The van der Waals surface area contributed by atoms with Gasteiger partial charge in [-0.05, 0) is 30.7 Å². The van der Waals surface area contributed by atoms with Crippen LogP contribution >= 0.6 is 0 Å². The summed E-state index contributed by atoms with van der Waals surface area (Å²) in [5.41, 5.74) is 7.18. The highest BCUT2D eigenvalue weighted by molar-refractivity contribution is 6.10. The first-order valence-corrected chi connectivity index (χ1v) is 8.06. The number of benzene rings is 2. The minimum Gasteiger partial charge on any atom is -0.342 e. The average Bonchev–Trinajstić information content (AvgIpc) is 3.10. The van der Waals surface area contributed by atoms with E-state index in [-0.39, 0.29) is 0 Å². The molecule has 5 rings (SSSR count). The molecule has 0 spiro atoms. The van der Waals surface area contributed by atoms with Crippen LogP contribution in [0.25, 0.3) is 38.5 Å². The maximum absolute atomic E-state index is 4.84. The summed E-state index contributed by atoms with van der Waals surface area (Å²) in [5, 5.41) is 2.59. The molecule has 0 saturated carbocycles. The largest absolute Gasteiger partial charge is 0.342 e. The minimum atomic E-state index is 0.971. The monoisotopic (exact) mass is 299 g/mol. The number of nitrogens with zero attached hydrogens (tertiary/aromatic N) is 3. The second-order valence-electron chi connectivity index (χ2n) is 6.08. The Morgan fingerprint density at radius 1 is 0.913 bits per heavy atom. The summed E-state index contributed by atoms with van der Waals surface area (Å²) in [4.78, 5) is 4.84. The normalized spacial score (nSPS) is 12.1. The summed E-state index contributed by atoms with van der Waals surface area (Å²) in [6.07, 6.45) is 0.971. The summed E-state index contributed by atoms with van der Waals surface area (Å²) < 4.78 is 4.63. The molecule has 3 heterocycles. The highest BCUT2D eigenvalue weighted by Gasteiger charge is 2.16. The Labute approximate surface area is 133 Å². The Morgan fingerprint density at radius 3 is 2.48 bits per heavy atom. The van der Waals surface area contributed by atoms with E-state index in [2.05, 4.69) is 77.5 Å². The molecule has 0 aliphatic carbocycles. The van der Waals surface area contributed by atoms with Gasteiger partial charge in [-0.25, -0.2) is 4.98 Å². The van der Waals surface area contributed by atoms with Gasteiger partial charge in [0.05, 0.1) is 16.6 Å². The molecule has 0 fully saturated rings. The molecular formula is C20H17N3. The van der Waals surface area contributed by atoms with Crippen molar-refractivity contribution >= 4 is 38.5 Å². The van der Waals surface area contributed by atoms with Crippen molar-refractivity contribution in [3.8, 4) is 0 Å². The Kier molecular flexibility index (Phi) is 2.41. The number of hydrogen-bond acceptors (Lipinski definition) is 1. The average molecular weight is 299 g/mol. The first kappa shape index (κ1) is 12.7. The van der Waals surface area contributed by atoms with Crippen LogP contribution in [0.5, 0.6) is 0 Å². The van der Waals surface area contributed by atoms with Crippen molar-refractivity contribution in [1.29, 1.82) is 0 Å². The molecule has 0 atom stereocenters. The number of aryl methyl sites for hydroxylation is 2. The number of rotatable bonds is 1. The lowest BCUT2D eigenvalue weighted by Crippen LogP contribution is -2.00. The van der Waals surface area contributed by atoms with Crippen molar-refractivity contribution in [2.45, 2.75) is 13.3 Å². The fourth-order valence-corrected chi connectivity index (χ4v) is 3.90. The van der Waals surface area contributed by atoms with E-state index in [0.717, 1.165) is 17.6 Å². The van der Waals surface area contributed by atoms with Crippen LogP contribution in [0, 0.1) is 0 Å². The Hall–Kier alpha value is -2.81. The van der Waals surface area contributed by atoms with E-state index in [1.807, 2.05) is 0 Å². The fraction of sp³-hybridized carbons (Fsp3) is 0.150. The summed E-state index contributed by atoms with van der Waals surface area (Å²) in [6.45, 7) is 2.22. The zero-order valence-electron chi connectivity index (χ0n) is 13.2. The molecule has 0 bridgehead atoms. The SMILES string of the molecule is CCc1c2c(cc3nc4ccccc4n13)c1ccccc1n2C. The number of imidazole rings is 1. The van der Waals surface area contributed by atoms with E-state index in [9.17, 15) is 0 Å². The molecule has 0 radical (unpaired) electrons. The van der Waals surface area contributed by atoms with E-state index < -0.39 is 0 Å². The van der Waals surface area contributed by atoms with Gasteiger partial charge >= 0.3 is 0 Å². The van der Waals surface area contributed by atoms with Gasteiger partial charge in [-0.3, -0.25) is 4.40 Å². The van der Waals surface area contributed by atoms with Crippen LogP contribution in [0.3, 0.4) is 0 Å². The molecule has 112 valence electrons. The molecule has 0 aliphatic heterocycles. The molecule has 0 amide bonds. The van der Waals surface area contributed by atoms with Crippen molar-refractivity contribution in [3.63, 3.8) is 0 Å². The summed E-state index contributed by atoms with van der Waals surface area (Å²) in [7, 11) is 2.16. The molecule has 0 N–H and O–H groups in total. The molecule has 3 aromatic heterocycles. The van der Waals surface area contributed by atoms with Gasteiger partial charge in [0.1, 0.15) is 5.65 Å². The Morgan fingerprint density at radius 2 is 1.65 bits per heavy atom. The quantitative estimate of drug-likeness (QED) is 0.440. The Bertz CT molecular complexity index is 1210. The molecule has 0 saturated heterocycles. The van der Waals surface area contributed by atoms with Gasteiger partial charge in [0.15, 0.2) is 0 Å². The zero-order valence-corrected chi connectivity index (χ0v) is 13.2. The zero-order chi connectivity index (χ0) is 15.6. The van der Waals surface area contributed by atoms with Gasteiger partial charge in [-0.15, -0.1) is 0 Å². The van der Waals surface area contributed by atoms with Gasteiger partial charge < -0.3 is 4.57 Å². The second kappa shape index (κ2) is 4.35. The Balaban J connectivity index is 2.13. The highest BCUT2D eigenvalue weighted by Crippen LogP contribution is 2.33. The standard InChI is InChI=1S/C20H17N3/c1-3-16-20-14(13-8-4-6-10-17(13)22(20)2)12-19-21-15-9-5-7-11-18(15)23(16)19/h4-12H,3H2,1-2H3. The topological polar surface area (TPSA) is 22.2 Å². The predicted molar refractivity (Wildman–Crippen MR) is 96.1 cm³/mol. The van der Waals surface area contributed by atoms with Crippen LogP contribution in [-0.4, -0.2) is 14.0 Å². The van der Waals surface area contributed by atoms with Crippen molar-refractivity contribution in [1.82, 2.24) is 14.0 Å². The van der Waals surface area contributed by atoms with E-state index >= 15 is 0 Å². The van der Waals surface area contributed by atoms with Crippen LogP contribution in [0.15, 0.2) is 54.6 Å². The van der Waals surface area contributed by atoms with Crippen LogP contribution < -0.4 is 0 Å². The van der Waals surface area contributed by atoms with E-state index in [0.29, 0.717) is 0 Å². The van der Waals surface area contributed by atoms with Crippen molar-refractivity contribution in [2.75, 3.05) is 0 Å². The lowest BCUT2D eigenvalue weighted by Gasteiger charge is -2.09. The molecule has 2 aromatic carbocycles. The predicted octanol–water partition coefficient (Wildman–Crippen LogP) is 4.69. The van der Waals surface area contributed by atoms with Crippen LogP contribution in [0.1, 0.15) is 12.6 Å². The lowest BCUT2D eigenvalue weighted by molar-refractivity contribution is 0.953. The maximum atomic E-state index is 4.84. The summed E-state index contributed by atoms with van der Waals surface area (Å²) >= 11 is 0. The second-order valence-corrected chi connectivity index (χ2v) is 6.08. The van der Waals surface area contributed by atoms with Crippen molar-refractivity contribution < 1.29 is 0 Å². The van der Waals surface area contributed by atoms with Gasteiger partial charge in [0, 0.05) is 29.0 Å². The molecule has 23 heavy (non-hydrogen) atoms. The van der Waals surface area contributed by atoms with Crippen molar-refractivity contribution in [2.24, 2.45) is 7.05 Å². The number of hydrogen-bond donors (Lipinski definition) is 0. The van der Waals surface area contributed by atoms with Gasteiger partial charge in [0.2, 0.25) is 0 Å². The first-order valence-electron chi connectivity index (χ1n) is 8.06. The summed E-state index contributed by atoms with van der Waals surface area (Å²) in [6, 6.07) is 19.2. The third-order valence-electron chi connectivity index (χ3n) is 4.88. The first-order chi connectivity index (χ1) is 11.3. The van der Waals surface area contributed by atoms with Gasteiger partial charge in [-0.2, -0.15) is 0 Å². The minimum absolute atomic E-state index is 0.971. The third kappa shape index (κ3) is 1.51. The smallest absolute Gasteiger partial charge is 0.138 e. The fourth-order valence-electron chi connectivity index (χ4n) is 3.90. The number of pyridine rings is 1. The van der Waals surface area contributed by atoms with Gasteiger partial charge in [-0.1, -0.05) is 37.3 Å². The van der Waals surface area contributed by atoms with Crippen molar-refractivity contribution in [3.05, 3.63) is 60.3 Å². The molecule has 0 aliphatic rings. The van der Waals surface area contributed by atoms with Gasteiger partial charge in [0.25, 0.3) is 0 Å². The van der Waals surface area contributed by atoms with E-state index in [1.165, 1.54) is 33.0 Å². The molecule has 5 aromatic rings. The third-order valence-corrected chi connectivity index (χ3v) is 4.88. The van der Waals surface area contributed by atoms with E-state index in [1.54, 1.807) is 0 Å².